The summed E-state index contributed by atoms with van der Waals surface area (Å²) < 4.78 is 1.93. The Morgan fingerprint density at radius 2 is 2.38 bits per heavy atom. The molecule has 2 N–H and O–H groups in total. The fourth-order valence-electron chi connectivity index (χ4n) is 2.82. The molecule has 0 bridgehead atoms. The summed E-state index contributed by atoms with van der Waals surface area (Å²) in [5, 5.41) is 6.30. The fourth-order valence-corrected chi connectivity index (χ4v) is 2.82. The van der Waals surface area contributed by atoms with Gasteiger partial charge in [-0.3, -0.25) is 4.79 Å². The van der Waals surface area contributed by atoms with Gasteiger partial charge in [-0.1, -0.05) is 18.2 Å². The number of amides is 1. The van der Waals surface area contributed by atoms with Gasteiger partial charge < -0.3 is 15.2 Å². The molecular formula is C16H20N4O. The van der Waals surface area contributed by atoms with E-state index in [-0.39, 0.29) is 11.9 Å². The van der Waals surface area contributed by atoms with Crippen molar-refractivity contribution in [2.75, 3.05) is 18.4 Å². The molecule has 1 aromatic heterocycles. The second kappa shape index (κ2) is 5.60. The van der Waals surface area contributed by atoms with E-state index in [1.165, 1.54) is 11.3 Å². The first-order valence-corrected chi connectivity index (χ1v) is 7.38. The first-order valence-electron chi connectivity index (χ1n) is 7.38. The molecule has 2 aromatic rings. The van der Waals surface area contributed by atoms with Gasteiger partial charge in [0.05, 0.1) is 18.2 Å². The lowest BCUT2D eigenvalue weighted by atomic mass is 10.0. The van der Waals surface area contributed by atoms with Crippen LogP contribution in [0.1, 0.15) is 25.5 Å². The summed E-state index contributed by atoms with van der Waals surface area (Å²) in [7, 11) is 0. The molecule has 1 aliphatic heterocycles. The summed E-state index contributed by atoms with van der Waals surface area (Å²) in [6, 6.07) is 6.01. The molecular weight excluding hydrogens is 264 g/mol. The Morgan fingerprint density at radius 3 is 3.19 bits per heavy atom. The molecule has 5 heteroatoms. The largest absolute Gasteiger partial charge is 0.384 e. The first-order chi connectivity index (χ1) is 10.2. The number of carbonyl (C=O) groups excluding carboxylic acids is 1. The van der Waals surface area contributed by atoms with Crippen LogP contribution in [0.2, 0.25) is 0 Å². The van der Waals surface area contributed by atoms with E-state index in [1.54, 1.807) is 6.33 Å². The van der Waals surface area contributed by atoms with Crippen LogP contribution in [0.15, 0.2) is 30.7 Å². The Hall–Kier alpha value is -2.30. The number of nitrogens with zero attached hydrogens (tertiary/aromatic N) is 2. The smallest absolute Gasteiger partial charge is 0.242 e. The number of likely N-dealkylation sites (N-methyl/N-ethyl adjacent to an activating group) is 1. The van der Waals surface area contributed by atoms with Crippen molar-refractivity contribution in [1.82, 2.24) is 14.9 Å². The van der Waals surface area contributed by atoms with Crippen molar-refractivity contribution in [3.63, 3.8) is 0 Å². The summed E-state index contributed by atoms with van der Waals surface area (Å²) in [4.78, 5) is 16.3. The SMILES string of the molecule is CCNC(=O)C(C)n1cncc1-c1cccc2c1NCC2. The topological polar surface area (TPSA) is 59.0 Å². The predicted molar refractivity (Wildman–Crippen MR) is 83.3 cm³/mol. The first kappa shape index (κ1) is 13.7. The van der Waals surface area contributed by atoms with E-state index in [0.29, 0.717) is 6.54 Å². The Bertz CT molecular complexity index is 662. The summed E-state index contributed by atoms with van der Waals surface area (Å²) in [6.07, 6.45) is 4.60. The number of hydrogen-bond donors (Lipinski definition) is 2. The maximum Gasteiger partial charge on any atom is 0.242 e. The third kappa shape index (κ3) is 2.39. The Kier molecular flexibility index (Phi) is 3.64. The molecule has 0 saturated carbocycles. The number of nitrogens with one attached hydrogen (secondary N) is 2. The van der Waals surface area contributed by atoms with E-state index in [1.807, 2.05) is 24.6 Å². The van der Waals surface area contributed by atoms with Gasteiger partial charge in [0.25, 0.3) is 0 Å². The Labute approximate surface area is 124 Å². The third-order valence-electron chi connectivity index (χ3n) is 3.94. The van der Waals surface area contributed by atoms with Gasteiger partial charge in [0.15, 0.2) is 0 Å². The molecule has 1 aromatic carbocycles. The molecule has 1 atom stereocenters. The Balaban J connectivity index is 2.00. The highest BCUT2D eigenvalue weighted by molar-refractivity contribution is 5.83. The maximum atomic E-state index is 12.1. The molecule has 0 spiro atoms. The maximum absolute atomic E-state index is 12.1. The second-order valence-corrected chi connectivity index (χ2v) is 5.27. The highest BCUT2D eigenvalue weighted by atomic mass is 16.2. The quantitative estimate of drug-likeness (QED) is 0.905. The van der Waals surface area contributed by atoms with Gasteiger partial charge >= 0.3 is 0 Å². The van der Waals surface area contributed by atoms with Crippen LogP contribution in [0.4, 0.5) is 5.69 Å². The lowest BCUT2D eigenvalue weighted by Crippen LogP contribution is -2.30. The number of imidazole rings is 1. The van der Waals surface area contributed by atoms with Crippen LogP contribution in [0.5, 0.6) is 0 Å². The van der Waals surface area contributed by atoms with Gasteiger partial charge in [-0.2, -0.15) is 0 Å². The minimum Gasteiger partial charge on any atom is -0.384 e. The molecule has 0 aliphatic carbocycles. The fraction of sp³-hybridized carbons (Fsp3) is 0.375. The molecule has 2 heterocycles. The Morgan fingerprint density at radius 1 is 1.52 bits per heavy atom. The molecule has 110 valence electrons. The molecule has 1 aliphatic rings. The molecule has 3 rings (SSSR count). The van der Waals surface area contributed by atoms with Crippen molar-refractivity contribution in [2.24, 2.45) is 0 Å². The van der Waals surface area contributed by atoms with Crippen LogP contribution in [0.3, 0.4) is 0 Å². The average molecular weight is 284 g/mol. The lowest BCUT2D eigenvalue weighted by molar-refractivity contribution is -0.123. The standard InChI is InChI=1S/C16H20N4O/c1-3-18-16(21)11(2)20-10-17-9-14(20)13-6-4-5-12-7-8-19-15(12)13/h4-6,9-11,19H,3,7-8H2,1-2H3,(H,18,21). The number of rotatable bonds is 4. The number of hydrogen-bond acceptors (Lipinski definition) is 3. The normalized spacial score (nSPS) is 14.4. The summed E-state index contributed by atoms with van der Waals surface area (Å²) >= 11 is 0. The average Bonchev–Trinajstić information content (AvgIpc) is 3.15. The van der Waals surface area contributed by atoms with Crippen molar-refractivity contribution < 1.29 is 4.79 Å². The van der Waals surface area contributed by atoms with Crippen LogP contribution < -0.4 is 10.6 Å². The number of benzene rings is 1. The molecule has 0 radical (unpaired) electrons. The van der Waals surface area contributed by atoms with Gasteiger partial charge in [0.2, 0.25) is 5.91 Å². The van der Waals surface area contributed by atoms with Crippen molar-refractivity contribution in [3.8, 4) is 11.3 Å². The monoisotopic (exact) mass is 284 g/mol. The van der Waals surface area contributed by atoms with Crippen LogP contribution in [-0.2, 0) is 11.2 Å². The van der Waals surface area contributed by atoms with Gasteiger partial charge in [0, 0.05) is 24.3 Å². The van der Waals surface area contributed by atoms with Crippen LogP contribution in [-0.4, -0.2) is 28.5 Å². The third-order valence-corrected chi connectivity index (χ3v) is 3.94. The van der Waals surface area contributed by atoms with E-state index in [9.17, 15) is 4.79 Å². The van der Waals surface area contributed by atoms with Crippen molar-refractivity contribution in [3.05, 3.63) is 36.3 Å². The number of para-hydroxylation sites is 1. The van der Waals surface area contributed by atoms with E-state index < -0.39 is 0 Å². The summed E-state index contributed by atoms with van der Waals surface area (Å²) in [5.74, 6) is 0.0114. The zero-order valence-corrected chi connectivity index (χ0v) is 12.4. The van der Waals surface area contributed by atoms with Gasteiger partial charge in [0.1, 0.15) is 6.04 Å². The molecule has 0 fully saturated rings. The zero-order valence-electron chi connectivity index (χ0n) is 12.4. The van der Waals surface area contributed by atoms with Crippen molar-refractivity contribution in [2.45, 2.75) is 26.3 Å². The molecule has 1 amide bonds. The number of aromatic nitrogens is 2. The molecule has 0 saturated heterocycles. The second-order valence-electron chi connectivity index (χ2n) is 5.27. The summed E-state index contributed by atoms with van der Waals surface area (Å²) in [6.45, 7) is 5.42. The lowest BCUT2D eigenvalue weighted by Gasteiger charge is -2.17. The van der Waals surface area contributed by atoms with Gasteiger partial charge in [-0.15, -0.1) is 0 Å². The van der Waals surface area contributed by atoms with Crippen LogP contribution in [0.25, 0.3) is 11.3 Å². The van der Waals surface area contributed by atoms with Crippen molar-refractivity contribution in [1.29, 1.82) is 0 Å². The van der Waals surface area contributed by atoms with Crippen molar-refractivity contribution >= 4 is 11.6 Å². The minimum atomic E-state index is -0.278. The van der Waals surface area contributed by atoms with Gasteiger partial charge in [-0.25, -0.2) is 4.98 Å². The predicted octanol–water partition coefficient (Wildman–Crippen LogP) is 2.22. The number of anilines is 1. The van der Waals surface area contributed by atoms with E-state index >= 15 is 0 Å². The number of fused-ring (bicyclic) bond motifs is 1. The molecule has 5 nitrogen and oxygen atoms in total. The molecule has 21 heavy (non-hydrogen) atoms. The summed E-state index contributed by atoms with van der Waals surface area (Å²) in [5.41, 5.74) is 4.58. The van der Waals surface area contributed by atoms with Crippen LogP contribution in [0, 0.1) is 0 Å². The van der Waals surface area contributed by atoms with E-state index in [4.69, 9.17) is 0 Å². The van der Waals surface area contributed by atoms with E-state index in [0.717, 1.165) is 24.2 Å². The zero-order chi connectivity index (χ0) is 14.8. The van der Waals surface area contributed by atoms with E-state index in [2.05, 4.69) is 33.8 Å². The highest BCUT2D eigenvalue weighted by Crippen LogP contribution is 2.35. The minimum absolute atomic E-state index is 0.0114. The molecule has 1 unspecified atom stereocenters. The van der Waals surface area contributed by atoms with Crippen LogP contribution >= 0.6 is 0 Å². The highest BCUT2D eigenvalue weighted by Gasteiger charge is 2.21. The number of carbonyl (C=O) groups is 1. The van der Waals surface area contributed by atoms with Gasteiger partial charge in [-0.05, 0) is 25.8 Å².